The smallest absolute Gasteiger partial charge is 0.326 e. The molecule has 7 heteroatoms. The van der Waals surface area contributed by atoms with Gasteiger partial charge >= 0.3 is 11.7 Å². The van der Waals surface area contributed by atoms with Crippen molar-refractivity contribution in [3.63, 3.8) is 0 Å². The number of hydrogen-bond donors (Lipinski definition) is 3. The van der Waals surface area contributed by atoms with Crippen LogP contribution in [0, 0.1) is 0 Å². The van der Waals surface area contributed by atoms with E-state index >= 15 is 0 Å². The van der Waals surface area contributed by atoms with E-state index in [0.717, 1.165) is 12.8 Å². The van der Waals surface area contributed by atoms with E-state index in [4.69, 9.17) is 5.11 Å². The number of aromatic nitrogens is 2. The van der Waals surface area contributed by atoms with Crippen molar-refractivity contribution in [2.24, 2.45) is 0 Å². The third-order valence-electron chi connectivity index (χ3n) is 2.87. The summed E-state index contributed by atoms with van der Waals surface area (Å²) in [6.45, 7) is 0.406. The van der Waals surface area contributed by atoms with Crippen LogP contribution >= 0.6 is 0 Å². The summed E-state index contributed by atoms with van der Waals surface area (Å²) in [5, 5.41) is 9.04. The van der Waals surface area contributed by atoms with Gasteiger partial charge in [0.1, 0.15) is 11.7 Å². The molecular formula is C10H13N3O4. The van der Waals surface area contributed by atoms with Gasteiger partial charge in [-0.2, -0.15) is 0 Å². The Bertz CT molecular complexity index is 490. The average molecular weight is 239 g/mol. The minimum absolute atomic E-state index is 0.100. The van der Waals surface area contributed by atoms with Gasteiger partial charge in [0.15, 0.2) is 0 Å². The van der Waals surface area contributed by atoms with Gasteiger partial charge in [0.05, 0.1) is 0 Å². The fourth-order valence-electron chi connectivity index (χ4n) is 2.03. The highest BCUT2D eigenvalue weighted by Crippen LogP contribution is 2.18. The van der Waals surface area contributed by atoms with Crippen LogP contribution < -0.4 is 5.69 Å². The molecule has 0 saturated carbocycles. The second kappa shape index (κ2) is 4.44. The molecule has 92 valence electrons. The molecule has 1 aromatic rings. The van der Waals surface area contributed by atoms with Crippen LogP contribution in [0.2, 0.25) is 0 Å². The number of nitrogens with one attached hydrogen (secondary N) is 2. The van der Waals surface area contributed by atoms with Gasteiger partial charge in [-0.15, -0.1) is 0 Å². The summed E-state index contributed by atoms with van der Waals surface area (Å²) in [5.74, 6) is -1.45. The number of carboxylic acid groups (broad SMARTS) is 1. The van der Waals surface area contributed by atoms with Gasteiger partial charge in [0.2, 0.25) is 0 Å². The van der Waals surface area contributed by atoms with Gasteiger partial charge in [-0.3, -0.25) is 4.79 Å². The number of hydrogen-bond acceptors (Lipinski definition) is 3. The van der Waals surface area contributed by atoms with Crippen LogP contribution in [0.1, 0.15) is 29.8 Å². The predicted molar refractivity (Wildman–Crippen MR) is 57.7 cm³/mol. The molecule has 2 heterocycles. The monoisotopic (exact) mass is 239 g/mol. The molecule has 17 heavy (non-hydrogen) atoms. The SMILES string of the molecule is O=C(O)C1CCCCN1C(=O)c1c[nH]c(=O)[nH]1. The summed E-state index contributed by atoms with van der Waals surface area (Å²) in [7, 11) is 0. The molecule has 0 radical (unpaired) electrons. The first kappa shape index (κ1) is 11.4. The molecule has 1 aromatic heterocycles. The summed E-state index contributed by atoms with van der Waals surface area (Å²) >= 11 is 0. The fourth-order valence-corrected chi connectivity index (χ4v) is 2.03. The van der Waals surface area contributed by atoms with Crippen LogP contribution in [-0.2, 0) is 4.79 Å². The number of likely N-dealkylation sites (tertiary alicyclic amines) is 1. The lowest BCUT2D eigenvalue weighted by molar-refractivity contribution is -0.143. The number of imidazole rings is 1. The van der Waals surface area contributed by atoms with Crippen LogP contribution in [0.25, 0.3) is 0 Å². The molecule has 1 aliphatic rings. The standard InChI is InChI=1S/C10H13N3O4/c14-8(6-5-11-10(17)12-6)13-4-2-1-3-7(13)9(15)16/h5,7H,1-4H2,(H,15,16)(H2,11,12,17). The number of carbonyl (C=O) groups is 2. The van der Waals surface area contributed by atoms with E-state index < -0.39 is 23.6 Å². The average Bonchev–Trinajstić information content (AvgIpc) is 2.75. The molecule has 0 aliphatic carbocycles. The maximum Gasteiger partial charge on any atom is 0.326 e. The number of carbonyl (C=O) groups excluding carboxylic acids is 1. The first-order chi connectivity index (χ1) is 8.09. The van der Waals surface area contributed by atoms with Crippen molar-refractivity contribution in [3.8, 4) is 0 Å². The largest absolute Gasteiger partial charge is 0.480 e. The van der Waals surface area contributed by atoms with E-state index in [1.807, 2.05) is 0 Å². The number of carboxylic acids is 1. The van der Waals surface area contributed by atoms with Crippen LogP contribution in [0.3, 0.4) is 0 Å². The lowest BCUT2D eigenvalue weighted by Crippen LogP contribution is -2.48. The molecular weight excluding hydrogens is 226 g/mol. The normalized spacial score (nSPS) is 20.2. The number of aliphatic carboxylic acids is 1. The third kappa shape index (κ3) is 2.22. The van der Waals surface area contributed by atoms with Gasteiger partial charge in [0, 0.05) is 12.7 Å². The predicted octanol–water partition coefficient (Wildman–Crippen LogP) is -0.218. The van der Waals surface area contributed by atoms with Crippen LogP contribution in [0.5, 0.6) is 0 Å². The van der Waals surface area contributed by atoms with E-state index in [1.54, 1.807) is 0 Å². The molecule has 0 spiro atoms. The molecule has 1 aliphatic heterocycles. The van der Waals surface area contributed by atoms with Crippen LogP contribution in [0.15, 0.2) is 11.0 Å². The van der Waals surface area contributed by atoms with Gasteiger partial charge in [-0.1, -0.05) is 0 Å². The van der Waals surface area contributed by atoms with E-state index in [0.29, 0.717) is 13.0 Å². The van der Waals surface area contributed by atoms with Crippen molar-refractivity contribution in [1.82, 2.24) is 14.9 Å². The Labute approximate surface area is 96.4 Å². The Hall–Kier alpha value is -2.05. The van der Waals surface area contributed by atoms with Gasteiger partial charge in [-0.25, -0.2) is 9.59 Å². The quantitative estimate of drug-likeness (QED) is 0.663. The first-order valence-electron chi connectivity index (χ1n) is 5.41. The molecule has 1 amide bonds. The van der Waals surface area contributed by atoms with Crippen molar-refractivity contribution in [2.75, 3.05) is 6.54 Å². The second-order valence-electron chi connectivity index (χ2n) is 4.00. The summed E-state index contributed by atoms with van der Waals surface area (Å²) in [6, 6.07) is -0.797. The minimum atomic E-state index is -1.00. The maximum atomic E-state index is 12.0. The number of amides is 1. The second-order valence-corrected chi connectivity index (χ2v) is 4.00. The molecule has 2 rings (SSSR count). The summed E-state index contributed by atoms with van der Waals surface area (Å²) in [4.78, 5) is 39.9. The Morgan fingerprint density at radius 2 is 2.18 bits per heavy atom. The molecule has 1 fully saturated rings. The first-order valence-corrected chi connectivity index (χ1v) is 5.41. The van der Waals surface area contributed by atoms with E-state index in [-0.39, 0.29) is 5.69 Å². The third-order valence-corrected chi connectivity index (χ3v) is 2.87. The summed E-state index contributed by atoms with van der Waals surface area (Å²) < 4.78 is 0. The topological polar surface area (TPSA) is 106 Å². The highest BCUT2D eigenvalue weighted by atomic mass is 16.4. The molecule has 0 bridgehead atoms. The van der Waals surface area contributed by atoms with Crippen LogP contribution in [-0.4, -0.2) is 44.4 Å². The zero-order valence-electron chi connectivity index (χ0n) is 9.10. The van der Waals surface area contributed by atoms with E-state index in [2.05, 4.69) is 9.97 Å². The van der Waals surface area contributed by atoms with Gasteiger partial charge in [0.25, 0.3) is 5.91 Å². The number of H-pyrrole nitrogens is 2. The van der Waals surface area contributed by atoms with Crippen molar-refractivity contribution in [1.29, 1.82) is 0 Å². The van der Waals surface area contributed by atoms with Gasteiger partial charge < -0.3 is 20.0 Å². The summed E-state index contributed by atoms with van der Waals surface area (Å²) in [6.07, 6.45) is 3.29. The molecule has 1 unspecified atom stereocenters. The zero-order valence-corrected chi connectivity index (χ0v) is 9.10. The van der Waals surface area contributed by atoms with Crippen molar-refractivity contribution in [2.45, 2.75) is 25.3 Å². The maximum absolute atomic E-state index is 12.0. The molecule has 1 atom stereocenters. The highest BCUT2D eigenvalue weighted by molar-refractivity contribution is 5.94. The van der Waals surface area contributed by atoms with Crippen LogP contribution in [0.4, 0.5) is 0 Å². The van der Waals surface area contributed by atoms with E-state index in [1.165, 1.54) is 11.1 Å². The number of piperidine rings is 1. The molecule has 3 N–H and O–H groups in total. The zero-order chi connectivity index (χ0) is 12.4. The minimum Gasteiger partial charge on any atom is -0.480 e. The molecule has 1 saturated heterocycles. The Balaban J connectivity index is 2.22. The summed E-state index contributed by atoms with van der Waals surface area (Å²) in [5.41, 5.74) is -0.375. The highest BCUT2D eigenvalue weighted by Gasteiger charge is 2.32. The van der Waals surface area contributed by atoms with E-state index in [9.17, 15) is 14.4 Å². The molecule has 0 aromatic carbocycles. The van der Waals surface area contributed by atoms with Crippen molar-refractivity contribution < 1.29 is 14.7 Å². The number of aromatic amines is 2. The fraction of sp³-hybridized carbons (Fsp3) is 0.500. The number of nitrogens with zero attached hydrogens (tertiary/aromatic N) is 1. The van der Waals surface area contributed by atoms with Gasteiger partial charge in [-0.05, 0) is 19.3 Å². The lowest BCUT2D eigenvalue weighted by Gasteiger charge is -2.32. The Kier molecular flexibility index (Phi) is 2.99. The lowest BCUT2D eigenvalue weighted by atomic mass is 10.0. The number of rotatable bonds is 2. The van der Waals surface area contributed by atoms with Crippen molar-refractivity contribution >= 4 is 11.9 Å². The molecule has 7 nitrogen and oxygen atoms in total. The van der Waals surface area contributed by atoms with Crippen molar-refractivity contribution in [3.05, 3.63) is 22.4 Å². The Morgan fingerprint density at radius 1 is 1.41 bits per heavy atom. The Morgan fingerprint density at radius 3 is 2.76 bits per heavy atom.